The number of ether oxygens (including phenoxy) is 3. The summed E-state index contributed by atoms with van der Waals surface area (Å²) in [7, 11) is -3.11. The molecule has 0 fully saturated rings. The molecule has 0 aliphatic carbocycles. The molecule has 0 aromatic rings. The Morgan fingerprint density at radius 1 is 0.792 bits per heavy atom. The van der Waals surface area contributed by atoms with Crippen molar-refractivity contribution in [2.24, 2.45) is 17.2 Å². The first-order valence-electron chi connectivity index (χ1n) is 6.61. The third-order valence-electron chi connectivity index (χ3n) is 2.18. The highest BCUT2D eigenvalue weighted by molar-refractivity contribution is 7.63. The molecule has 0 spiro atoms. The van der Waals surface area contributed by atoms with Crippen LogP contribution in [0.3, 0.4) is 0 Å². The second kappa shape index (κ2) is 12.5. The summed E-state index contributed by atoms with van der Waals surface area (Å²) in [5.41, 5.74) is 14.7. The summed E-state index contributed by atoms with van der Waals surface area (Å²) < 4.78 is 27.8. The average molecular weight is 370 g/mol. The Morgan fingerprint density at radius 3 is 1.58 bits per heavy atom. The average Bonchev–Trinajstić information content (AvgIpc) is 2.47. The van der Waals surface area contributed by atoms with E-state index in [9.17, 15) is 18.9 Å². The van der Waals surface area contributed by atoms with Gasteiger partial charge in [-0.3, -0.25) is 10.1 Å². The zero-order valence-corrected chi connectivity index (χ0v) is 13.9. The minimum Gasteiger partial charge on any atom is -0.369 e. The van der Waals surface area contributed by atoms with Crippen molar-refractivity contribution in [3.63, 3.8) is 0 Å². The lowest BCUT2D eigenvalue weighted by Gasteiger charge is -2.19. The van der Waals surface area contributed by atoms with Crippen LogP contribution < -0.4 is 33.2 Å². The Hall–Kier alpha value is -1.92. The van der Waals surface area contributed by atoms with Gasteiger partial charge >= 0.3 is 12.1 Å². The number of hydrogen-bond acceptors (Lipinski definition) is 8. The molecule has 0 saturated heterocycles. The van der Waals surface area contributed by atoms with E-state index in [1.807, 2.05) is 0 Å². The molecule has 0 rings (SSSR count). The summed E-state index contributed by atoms with van der Waals surface area (Å²) in [6.45, 7) is -0.633. The van der Waals surface area contributed by atoms with Gasteiger partial charge in [-0.2, -0.15) is 0 Å². The molecule has 0 aliphatic heterocycles. The van der Waals surface area contributed by atoms with Crippen LogP contribution >= 0.6 is 7.14 Å². The zero-order valence-electron chi connectivity index (χ0n) is 13.0. The summed E-state index contributed by atoms with van der Waals surface area (Å²) in [5, 5.41) is 6.91. The number of carbonyl (C=O) groups excluding carboxylic acids is 3. The van der Waals surface area contributed by atoms with Crippen molar-refractivity contribution >= 4 is 25.1 Å². The van der Waals surface area contributed by atoms with Gasteiger partial charge < -0.3 is 46.6 Å². The van der Waals surface area contributed by atoms with Crippen molar-refractivity contribution < 1.29 is 33.2 Å². The highest BCUT2D eigenvalue weighted by atomic mass is 31.2. The quantitative estimate of drug-likeness (QED) is 0.109. The summed E-state index contributed by atoms with van der Waals surface area (Å²) in [4.78, 5) is 31.6. The highest BCUT2D eigenvalue weighted by Crippen LogP contribution is 2.45. The molecule has 0 aliphatic rings. The number of rotatable bonds is 14. The van der Waals surface area contributed by atoms with E-state index in [1.54, 1.807) is 0 Å². The topological polar surface area (TPSA) is 210 Å². The molecule has 0 aromatic carbocycles. The molecule has 9 N–H and O–H groups in total. The number of amides is 5. The van der Waals surface area contributed by atoms with Gasteiger partial charge in [0.2, 0.25) is 5.91 Å². The molecule has 0 radical (unpaired) electrons. The number of carbonyl (C=O) groups is 3. The smallest absolute Gasteiger partial charge is 0.313 e. The molecular weight excluding hydrogens is 347 g/mol. The molecule has 14 heteroatoms. The summed E-state index contributed by atoms with van der Waals surface area (Å²) >= 11 is 0. The Kier molecular flexibility index (Phi) is 11.5. The Balaban J connectivity index is 4.24. The molecule has 13 nitrogen and oxygen atoms in total. The summed E-state index contributed by atoms with van der Waals surface area (Å²) in [6, 6.07) is -1.59. The monoisotopic (exact) mass is 370 g/mol. The molecule has 24 heavy (non-hydrogen) atoms. The lowest BCUT2D eigenvalue weighted by atomic mass is 10.6. The molecule has 0 aromatic heterocycles. The number of urea groups is 2. The largest absolute Gasteiger partial charge is 0.369 e. The molecule has 0 heterocycles. The number of nitrogens with one attached hydrogen (secondary N) is 3. The first kappa shape index (κ1) is 22.1. The molecular formula is C10H23N6O7P. The first-order chi connectivity index (χ1) is 11.2. The third-order valence-corrected chi connectivity index (χ3v) is 4.14. The molecule has 0 unspecified atom stereocenters. The maximum atomic E-state index is 12.6. The van der Waals surface area contributed by atoms with Crippen LogP contribution in [0.15, 0.2) is 0 Å². The minimum absolute atomic E-state index is 0.0635. The van der Waals surface area contributed by atoms with E-state index in [-0.39, 0.29) is 45.8 Å². The van der Waals surface area contributed by atoms with Crippen molar-refractivity contribution in [1.82, 2.24) is 16.0 Å². The Morgan fingerprint density at radius 2 is 1.21 bits per heavy atom. The third kappa shape index (κ3) is 13.7. The second-order valence-corrected chi connectivity index (χ2v) is 7.36. The van der Waals surface area contributed by atoms with E-state index in [2.05, 4.69) is 16.0 Å². The van der Waals surface area contributed by atoms with Crippen LogP contribution in [0.1, 0.15) is 0 Å². The molecule has 0 bridgehead atoms. The van der Waals surface area contributed by atoms with Crippen LogP contribution in [0.2, 0.25) is 0 Å². The van der Waals surface area contributed by atoms with Gasteiger partial charge in [0.15, 0.2) is 7.14 Å². The maximum Gasteiger partial charge on any atom is 0.313 e. The molecule has 0 saturated carbocycles. The van der Waals surface area contributed by atoms with Gasteiger partial charge in [-0.1, -0.05) is 0 Å². The van der Waals surface area contributed by atoms with Crippen LogP contribution in [0.5, 0.6) is 0 Å². The summed E-state index contributed by atoms with van der Waals surface area (Å²) in [5.74, 6) is -0.566. The van der Waals surface area contributed by atoms with Crippen LogP contribution in [0, 0.1) is 0 Å². The predicted molar refractivity (Wildman–Crippen MR) is 82.7 cm³/mol. The van der Waals surface area contributed by atoms with Gasteiger partial charge in [-0.15, -0.1) is 0 Å². The van der Waals surface area contributed by atoms with Crippen molar-refractivity contribution in [3.05, 3.63) is 0 Å². The highest BCUT2D eigenvalue weighted by Gasteiger charge is 2.23. The molecule has 140 valence electrons. The van der Waals surface area contributed by atoms with Crippen molar-refractivity contribution in [2.75, 3.05) is 45.8 Å². The van der Waals surface area contributed by atoms with E-state index in [0.29, 0.717) is 0 Å². The Bertz CT molecular complexity index is 437. The predicted octanol–water partition coefficient (Wildman–Crippen LogP) is -2.44. The van der Waals surface area contributed by atoms with Gasteiger partial charge in [-0.25, -0.2) is 9.59 Å². The van der Waals surface area contributed by atoms with Gasteiger partial charge in [-0.05, 0) is 0 Å². The first-order valence-corrected chi connectivity index (χ1v) is 8.87. The van der Waals surface area contributed by atoms with Gasteiger partial charge in [0, 0.05) is 0 Å². The van der Waals surface area contributed by atoms with Crippen molar-refractivity contribution in [3.8, 4) is 0 Å². The number of primary amides is 3. The van der Waals surface area contributed by atoms with Crippen LogP contribution in [0.4, 0.5) is 9.59 Å². The Labute approximate surface area is 138 Å². The zero-order chi connectivity index (χ0) is 18.4. The fourth-order valence-corrected chi connectivity index (χ4v) is 2.73. The van der Waals surface area contributed by atoms with E-state index in [1.165, 1.54) is 0 Å². The van der Waals surface area contributed by atoms with E-state index >= 15 is 0 Å². The number of nitrogens with two attached hydrogens (primary N) is 3. The van der Waals surface area contributed by atoms with E-state index in [0.717, 1.165) is 0 Å². The van der Waals surface area contributed by atoms with Crippen LogP contribution in [-0.4, -0.2) is 63.8 Å². The summed E-state index contributed by atoms with van der Waals surface area (Å²) in [6.07, 6.45) is -0.759. The van der Waals surface area contributed by atoms with Gasteiger partial charge in [0.05, 0.1) is 13.3 Å². The van der Waals surface area contributed by atoms with E-state index < -0.39 is 25.1 Å². The number of hydrogen-bond donors (Lipinski definition) is 6. The fourth-order valence-electron chi connectivity index (χ4n) is 1.24. The normalized spacial score (nSPS) is 11.0. The van der Waals surface area contributed by atoms with E-state index in [4.69, 9.17) is 31.4 Å². The SMILES string of the molecule is NC(=O)CNCOCP(=O)(COCNC(N)=O)COCNC(N)=O. The minimum atomic E-state index is -3.11. The maximum absolute atomic E-state index is 12.6. The van der Waals surface area contributed by atoms with Crippen LogP contribution in [0.25, 0.3) is 0 Å². The standard InChI is InChI=1S/C10H23N6O7P/c11-8(17)1-14-2-21-5-24(20,6-22-3-15-9(12)18)7-23-4-16-10(13)19/h14H,1-7H2,(H2,11,17)(H3,12,15,18)(H3,13,16,19). The fraction of sp³-hybridized carbons (Fsp3) is 0.700. The lowest BCUT2D eigenvalue weighted by molar-refractivity contribution is -0.117. The van der Waals surface area contributed by atoms with Gasteiger partial charge in [0.25, 0.3) is 0 Å². The van der Waals surface area contributed by atoms with Gasteiger partial charge in [0.1, 0.15) is 32.5 Å². The van der Waals surface area contributed by atoms with Crippen molar-refractivity contribution in [1.29, 1.82) is 0 Å². The second-order valence-electron chi connectivity index (χ2n) is 4.47. The molecule has 5 amide bonds. The molecule has 0 atom stereocenters. The van der Waals surface area contributed by atoms with Crippen molar-refractivity contribution in [2.45, 2.75) is 0 Å². The van der Waals surface area contributed by atoms with Crippen LogP contribution in [-0.2, 0) is 23.6 Å². The lowest BCUT2D eigenvalue weighted by Crippen LogP contribution is -2.32.